The van der Waals surface area contributed by atoms with Crippen LogP contribution in [0.2, 0.25) is 5.02 Å². The van der Waals surface area contributed by atoms with Gasteiger partial charge in [-0.1, -0.05) is 60.1 Å². The zero-order valence-corrected chi connectivity index (χ0v) is 17.8. The smallest absolute Gasteiger partial charge is 0.274 e. The zero-order chi connectivity index (χ0) is 21.8. The minimum absolute atomic E-state index is 0.191. The number of hydrogen-bond acceptors (Lipinski definition) is 4. The third-order valence-electron chi connectivity index (χ3n) is 5.69. The van der Waals surface area contributed by atoms with Gasteiger partial charge in [0.25, 0.3) is 10.8 Å². The van der Waals surface area contributed by atoms with Gasteiger partial charge in [-0.25, -0.2) is 8.42 Å². The minimum atomic E-state index is -4.18. The van der Waals surface area contributed by atoms with Crippen LogP contribution in [0.5, 0.6) is 0 Å². The van der Waals surface area contributed by atoms with Crippen molar-refractivity contribution in [3.05, 3.63) is 95.0 Å². The molecule has 0 saturated carbocycles. The van der Waals surface area contributed by atoms with E-state index in [1.54, 1.807) is 48.5 Å². The molecule has 2 amide bonds. The van der Waals surface area contributed by atoms with Gasteiger partial charge in [-0.15, -0.1) is 0 Å². The molecule has 3 aromatic carbocycles. The van der Waals surface area contributed by atoms with E-state index < -0.39 is 32.3 Å². The fourth-order valence-electron chi connectivity index (χ4n) is 4.40. The fraction of sp³-hybridized carbons (Fsp3) is 0.130. The van der Waals surface area contributed by atoms with Crippen molar-refractivity contribution in [3.63, 3.8) is 0 Å². The van der Waals surface area contributed by atoms with Crippen LogP contribution in [-0.2, 0) is 30.8 Å². The van der Waals surface area contributed by atoms with Crippen LogP contribution >= 0.6 is 11.6 Å². The van der Waals surface area contributed by atoms with Crippen molar-refractivity contribution in [1.82, 2.24) is 0 Å². The predicted molar refractivity (Wildman–Crippen MR) is 118 cm³/mol. The number of anilines is 2. The molecule has 31 heavy (non-hydrogen) atoms. The number of fused-ring (bicyclic) bond motifs is 2. The molecular weight excluding hydrogens is 436 g/mol. The number of carbonyl (C=O) groups is 2. The maximum Gasteiger partial charge on any atom is 0.274 e. The Bertz CT molecular complexity index is 1310. The van der Waals surface area contributed by atoms with Crippen molar-refractivity contribution in [1.29, 1.82) is 0 Å². The number of hydrogen-bond donors (Lipinski definition) is 0. The molecule has 1 spiro atoms. The van der Waals surface area contributed by atoms with Crippen molar-refractivity contribution >= 4 is 44.6 Å². The maximum absolute atomic E-state index is 13.9. The van der Waals surface area contributed by atoms with Crippen molar-refractivity contribution in [2.45, 2.75) is 11.4 Å². The summed E-state index contributed by atoms with van der Waals surface area (Å²) in [6.07, 6.45) is 0. The molecule has 8 heteroatoms. The highest BCUT2D eigenvalue weighted by atomic mass is 35.5. The Morgan fingerprint density at radius 1 is 0.871 bits per heavy atom. The highest BCUT2D eigenvalue weighted by Gasteiger charge is 2.69. The number of amides is 2. The summed E-state index contributed by atoms with van der Waals surface area (Å²) in [4.78, 5) is 27.4. The SMILES string of the molecule is O=C1CS(=O)(=O)[C@]2(C(=O)N(Cc3ccccc3)c3ccccc32)N1c1ccc(Cl)cc1. The summed E-state index contributed by atoms with van der Waals surface area (Å²) in [7, 11) is -4.18. The molecule has 0 unspecified atom stereocenters. The van der Waals surface area contributed by atoms with Crippen LogP contribution in [0.4, 0.5) is 11.4 Å². The lowest BCUT2D eigenvalue weighted by Crippen LogP contribution is -2.54. The molecule has 1 atom stereocenters. The number of nitrogens with zero attached hydrogens (tertiary/aromatic N) is 2. The predicted octanol–water partition coefficient (Wildman–Crippen LogP) is 3.50. The Hall–Kier alpha value is -3.16. The molecule has 2 heterocycles. The van der Waals surface area contributed by atoms with Gasteiger partial charge in [-0.2, -0.15) is 0 Å². The summed E-state index contributed by atoms with van der Waals surface area (Å²) in [5, 5.41) is 0.441. The first-order chi connectivity index (χ1) is 14.9. The van der Waals surface area contributed by atoms with Crippen molar-refractivity contribution in [2.75, 3.05) is 15.6 Å². The number of carbonyl (C=O) groups excluding carboxylic acids is 2. The standard InChI is InChI=1S/C23H17ClN2O4S/c24-17-10-12-18(13-11-17)26-21(27)15-31(29,30)23(26)19-8-4-5-9-20(19)25(22(23)28)14-16-6-2-1-3-7-16/h1-13H,14-15H2/t23-/m1/s1. The van der Waals surface area contributed by atoms with E-state index in [1.807, 2.05) is 30.3 Å². The van der Waals surface area contributed by atoms with Gasteiger partial charge in [-0.3, -0.25) is 14.5 Å². The molecule has 0 radical (unpaired) electrons. The Kier molecular flexibility index (Phi) is 4.42. The molecule has 2 aliphatic rings. The van der Waals surface area contributed by atoms with Gasteiger partial charge in [0.05, 0.1) is 12.2 Å². The Balaban J connectivity index is 1.75. The lowest BCUT2D eigenvalue weighted by molar-refractivity contribution is -0.123. The van der Waals surface area contributed by atoms with Crippen LogP contribution in [0, 0.1) is 0 Å². The van der Waals surface area contributed by atoms with Crippen molar-refractivity contribution in [3.8, 4) is 0 Å². The van der Waals surface area contributed by atoms with Gasteiger partial charge < -0.3 is 4.90 Å². The summed E-state index contributed by atoms with van der Waals surface area (Å²) >= 11 is 5.99. The minimum Gasteiger partial charge on any atom is -0.304 e. The second kappa shape index (κ2) is 6.93. The summed E-state index contributed by atoms with van der Waals surface area (Å²) in [6, 6.07) is 22.3. The van der Waals surface area contributed by atoms with E-state index in [2.05, 4.69) is 0 Å². The number of halogens is 1. The van der Waals surface area contributed by atoms with Crippen LogP contribution in [0.25, 0.3) is 0 Å². The van der Waals surface area contributed by atoms with Crippen molar-refractivity contribution in [2.24, 2.45) is 0 Å². The Labute approximate surface area is 184 Å². The largest absolute Gasteiger partial charge is 0.304 e. The van der Waals surface area contributed by atoms with Crippen LogP contribution in [0.15, 0.2) is 78.9 Å². The quantitative estimate of drug-likeness (QED) is 0.609. The third-order valence-corrected chi connectivity index (χ3v) is 8.05. The lowest BCUT2D eigenvalue weighted by atomic mass is 10.0. The van der Waals surface area contributed by atoms with Crippen LogP contribution in [0.3, 0.4) is 0 Å². The average Bonchev–Trinajstić information content (AvgIpc) is 3.13. The zero-order valence-electron chi connectivity index (χ0n) is 16.2. The highest BCUT2D eigenvalue weighted by Crippen LogP contribution is 2.52. The van der Waals surface area contributed by atoms with Gasteiger partial charge in [0.15, 0.2) is 9.84 Å². The summed E-state index contributed by atoms with van der Waals surface area (Å²) < 4.78 is 27.0. The molecule has 1 saturated heterocycles. The number of benzene rings is 3. The van der Waals surface area contributed by atoms with E-state index in [0.717, 1.165) is 10.5 Å². The van der Waals surface area contributed by atoms with E-state index in [4.69, 9.17) is 11.6 Å². The Morgan fingerprint density at radius 3 is 2.23 bits per heavy atom. The van der Waals surface area contributed by atoms with Gasteiger partial charge >= 0.3 is 0 Å². The monoisotopic (exact) mass is 452 g/mol. The molecule has 5 rings (SSSR count). The lowest BCUT2D eigenvalue weighted by Gasteiger charge is -2.32. The second-order valence-electron chi connectivity index (χ2n) is 7.50. The molecule has 1 fully saturated rings. The normalized spacial score (nSPS) is 21.7. The van der Waals surface area contributed by atoms with E-state index in [9.17, 15) is 18.0 Å². The number of rotatable bonds is 3. The fourth-order valence-corrected chi connectivity index (χ4v) is 6.56. The van der Waals surface area contributed by atoms with Crippen molar-refractivity contribution < 1.29 is 18.0 Å². The molecule has 6 nitrogen and oxygen atoms in total. The van der Waals surface area contributed by atoms with E-state index in [-0.39, 0.29) is 12.1 Å². The van der Waals surface area contributed by atoms with E-state index in [0.29, 0.717) is 16.4 Å². The summed E-state index contributed by atoms with van der Waals surface area (Å²) in [5.41, 5.74) is 1.92. The van der Waals surface area contributed by atoms with Crippen LogP contribution in [0.1, 0.15) is 11.1 Å². The van der Waals surface area contributed by atoms with Gasteiger partial charge in [0.2, 0.25) is 5.91 Å². The molecule has 3 aromatic rings. The Morgan fingerprint density at radius 2 is 1.52 bits per heavy atom. The number of para-hydroxylation sites is 1. The molecular formula is C23H17ClN2O4S. The molecule has 156 valence electrons. The first kappa shape index (κ1) is 19.8. The van der Waals surface area contributed by atoms with Gasteiger partial charge in [0.1, 0.15) is 5.75 Å². The third kappa shape index (κ3) is 2.73. The topological polar surface area (TPSA) is 74.8 Å². The van der Waals surface area contributed by atoms with E-state index in [1.165, 1.54) is 4.90 Å². The molecule has 2 aliphatic heterocycles. The summed E-state index contributed by atoms with van der Waals surface area (Å²) in [6.45, 7) is 0.191. The first-order valence-corrected chi connectivity index (χ1v) is 11.7. The molecule has 0 aromatic heterocycles. The van der Waals surface area contributed by atoms with Crippen LogP contribution < -0.4 is 9.80 Å². The molecule has 0 aliphatic carbocycles. The van der Waals surface area contributed by atoms with E-state index >= 15 is 0 Å². The second-order valence-corrected chi connectivity index (χ2v) is 10.0. The average molecular weight is 453 g/mol. The maximum atomic E-state index is 13.9. The molecule has 0 N–H and O–H groups in total. The van der Waals surface area contributed by atoms with Gasteiger partial charge in [0, 0.05) is 16.3 Å². The number of sulfone groups is 1. The van der Waals surface area contributed by atoms with Gasteiger partial charge in [-0.05, 0) is 35.9 Å². The highest BCUT2D eigenvalue weighted by molar-refractivity contribution is 7.94. The molecule has 0 bridgehead atoms. The summed E-state index contributed by atoms with van der Waals surface area (Å²) in [5.74, 6) is -2.04. The van der Waals surface area contributed by atoms with Crippen LogP contribution in [-0.4, -0.2) is 26.0 Å². The first-order valence-electron chi connectivity index (χ1n) is 9.62.